The standard InChI is InChI=1S/C26H36O4S/c1-17-4-7-20(8-5-17)31(28,29)30-24-11-10-22-21-9-6-18-16-19(27)12-14-25(18,2)23(21)13-15-26(22,24)3/h4-5,7-8,18,21-24H,6,9-16H2,1-3H3/t18-,21+,22+,23+,24-,25-,26+/m0/s1. The zero-order valence-electron chi connectivity index (χ0n) is 19.1. The molecule has 0 amide bonds. The fourth-order valence-corrected chi connectivity index (χ4v) is 9.27. The molecule has 0 radical (unpaired) electrons. The second-order valence-electron chi connectivity index (χ2n) is 11.4. The lowest BCUT2D eigenvalue weighted by Crippen LogP contribution is -2.54. The van der Waals surface area contributed by atoms with Crippen molar-refractivity contribution in [1.82, 2.24) is 0 Å². The lowest BCUT2D eigenvalue weighted by atomic mass is 9.45. The number of benzene rings is 1. The van der Waals surface area contributed by atoms with Gasteiger partial charge in [0.25, 0.3) is 10.1 Å². The average molecular weight is 445 g/mol. The number of aryl methyl sites for hydroxylation is 1. The van der Waals surface area contributed by atoms with Crippen LogP contribution in [0.5, 0.6) is 0 Å². The SMILES string of the molecule is Cc1ccc(S(=O)(=O)O[C@H]2CC[C@@H]3[C@H]4CC[C@H]5CC(=O)CC[C@]5(C)[C@@H]4CC[C@@]23C)cc1. The summed E-state index contributed by atoms with van der Waals surface area (Å²) in [6.07, 6.45) is 8.75. The molecule has 5 rings (SSSR count). The molecular weight excluding hydrogens is 408 g/mol. The van der Waals surface area contributed by atoms with Crippen LogP contribution in [0.3, 0.4) is 0 Å². The predicted molar refractivity (Wildman–Crippen MR) is 120 cm³/mol. The number of hydrogen-bond donors (Lipinski definition) is 0. The summed E-state index contributed by atoms with van der Waals surface area (Å²) in [6.45, 7) is 6.69. The van der Waals surface area contributed by atoms with E-state index in [0.717, 1.165) is 56.9 Å². The Morgan fingerprint density at radius 2 is 1.61 bits per heavy atom. The quantitative estimate of drug-likeness (QED) is 0.563. The molecule has 0 saturated heterocycles. The predicted octanol–water partition coefficient (Wildman–Crippen LogP) is 5.68. The highest BCUT2D eigenvalue weighted by Gasteiger charge is 2.61. The number of carbonyl (C=O) groups excluding carboxylic acids is 1. The highest BCUT2D eigenvalue weighted by Crippen LogP contribution is 2.66. The van der Waals surface area contributed by atoms with Crippen molar-refractivity contribution in [3.8, 4) is 0 Å². The Kier molecular flexibility index (Phi) is 5.17. The number of ketones is 1. The van der Waals surface area contributed by atoms with Crippen LogP contribution >= 0.6 is 0 Å². The first-order chi connectivity index (χ1) is 14.6. The maximum absolute atomic E-state index is 13.0. The smallest absolute Gasteiger partial charge is 0.297 e. The van der Waals surface area contributed by atoms with Crippen LogP contribution in [0, 0.1) is 41.4 Å². The number of fused-ring (bicyclic) bond motifs is 5. The van der Waals surface area contributed by atoms with Gasteiger partial charge in [-0.1, -0.05) is 31.5 Å². The van der Waals surface area contributed by atoms with E-state index in [0.29, 0.717) is 29.5 Å². The van der Waals surface area contributed by atoms with Crippen LogP contribution in [-0.2, 0) is 19.1 Å². The van der Waals surface area contributed by atoms with E-state index in [2.05, 4.69) is 13.8 Å². The molecule has 4 aliphatic carbocycles. The Morgan fingerprint density at radius 3 is 2.35 bits per heavy atom. The van der Waals surface area contributed by atoms with Gasteiger partial charge in [0, 0.05) is 12.8 Å². The Labute approximate surface area is 187 Å². The minimum absolute atomic E-state index is 0.0768. The summed E-state index contributed by atoms with van der Waals surface area (Å²) < 4.78 is 32.0. The number of carbonyl (C=O) groups is 1. The summed E-state index contributed by atoms with van der Waals surface area (Å²) in [5.41, 5.74) is 1.25. The summed E-state index contributed by atoms with van der Waals surface area (Å²) in [5, 5.41) is 0. The van der Waals surface area contributed by atoms with E-state index < -0.39 is 10.1 Å². The van der Waals surface area contributed by atoms with Crippen LogP contribution in [0.2, 0.25) is 0 Å². The van der Waals surface area contributed by atoms with Gasteiger partial charge in [-0.05, 0) is 98.5 Å². The molecule has 7 atom stereocenters. The van der Waals surface area contributed by atoms with Crippen LogP contribution < -0.4 is 0 Å². The highest BCUT2D eigenvalue weighted by molar-refractivity contribution is 7.86. The molecule has 0 aliphatic heterocycles. The maximum atomic E-state index is 13.0. The van der Waals surface area contributed by atoms with Gasteiger partial charge >= 0.3 is 0 Å². The molecule has 31 heavy (non-hydrogen) atoms. The van der Waals surface area contributed by atoms with Gasteiger partial charge in [0.2, 0.25) is 0 Å². The molecule has 4 saturated carbocycles. The molecule has 0 N–H and O–H groups in total. The summed E-state index contributed by atoms with van der Waals surface area (Å²) in [7, 11) is -3.75. The fourth-order valence-electron chi connectivity index (χ4n) is 8.07. The summed E-state index contributed by atoms with van der Waals surface area (Å²) in [6, 6.07) is 6.97. The number of rotatable bonds is 3. The van der Waals surface area contributed by atoms with Crippen molar-refractivity contribution in [2.45, 2.75) is 89.6 Å². The van der Waals surface area contributed by atoms with Crippen LogP contribution in [0.1, 0.15) is 77.2 Å². The second-order valence-corrected chi connectivity index (χ2v) is 12.9. The number of Topliss-reactive ketones (excluding diaryl/α,β-unsaturated/α-hetero) is 1. The Balaban J connectivity index is 1.37. The molecule has 5 heteroatoms. The lowest BCUT2D eigenvalue weighted by molar-refractivity contribution is -0.140. The van der Waals surface area contributed by atoms with Gasteiger partial charge in [-0.2, -0.15) is 8.42 Å². The van der Waals surface area contributed by atoms with E-state index in [-0.39, 0.29) is 21.8 Å². The van der Waals surface area contributed by atoms with Crippen molar-refractivity contribution >= 4 is 15.9 Å². The molecule has 4 nitrogen and oxygen atoms in total. The summed E-state index contributed by atoms with van der Waals surface area (Å²) in [4.78, 5) is 12.4. The zero-order chi connectivity index (χ0) is 22.0. The van der Waals surface area contributed by atoms with E-state index in [1.807, 2.05) is 19.1 Å². The molecule has 1 aromatic rings. The maximum Gasteiger partial charge on any atom is 0.297 e. The van der Waals surface area contributed by atoms with Crippen molar-refractivity contribution in [2.75, 3.05) is 0 Å². The van der Waals surface area contributed by atoms with E-state index in [9.17, 15) is 13.2 Å². The first-order valence-corrected chi connectivity index (χ1v) is 13.6. The third-order valence-electron chi connectivity index (χ3n) is 9.95. The average Bonchev–Trinajstić information content (AvgIpc) is 3.04. The molecular formula is C26H36O4S. The molecule has 1 aromatic carbocycles. The summed E-state index contributed by atoms with van der Waals surface area (Å²) >= 11 is 0. The van der Waals surface area contributed by atoms with Gasteiger partial charge in [-0.3, -0.25) is 8.98 Å². The van der Waals surface area contributed by atoms with Crippen LogP contribution in [-0.4, -0.2) is 20.3 Å². The normalized spacial score (nSPS) is 42.5. The largest absolute Gasteiger partial charge is 0.300 e. The molecule has 0 aromatic heterocycles. The van der Waals surface area contributed by atoms with E-state index >= 15 is 0 Å². The van der Waals surface area contributed by atoms with Gasteiger partial charge in [0.1, 0.15) is 5.78 Å². The van der Waals surface area contributed by atoms with Crippen molar-refractivity contribution in [3.05, 3.63) is 29.8 Å². The fraction of sp³-hybridized carbons (Fsp3) is 0.731. The van der Waals surface area contributed by atoms with Crippen LogP contribution in [0.15, 0.2) is 29.2 Å². The monoisotopic (exact) mass is 444 g/mol. The molecule has 4 aliphatic rings. The van der Waals surface area contributed by atoms with Crippen molar-refractivity contribution < 1.29 is 17.4 Å². The second kappa shape index (κ2) is 7.41. The molecule has 0 heterocycles. The first kappa shape index (κ1) is 21.6. The van der Waals surface area contributed by atoms with Crippen molar-refractivity contribution in [1.29, 1.82) is 0 Å². The third-order valence-corrected chi connectivity index (χ3v) is 11.3. The third kappa shape index (κ3) is 3.42. The summed E-state index contributed by atoms with van der Waals surface area (Å²) in [5.74, 6) is 2.85. The van der Waals surface area contributed by atoms with E-state index in [1.165, 1.54) is 6.42 Å². The van der Waals surface area contributed by atoms with Crippen LogP contribution in [0.25, 0.3) is 0 Å². The minimum Gasteiger partial charge on any atom is -0.300 e. The molecule has 4 fully saturated rings. The van der Waals surface area contributed by atoms with Gasteiger partial charge in [-0.15, -0.1) is 0 Å². The Bertz CT molecular complexity index is 968. The number of hydrogen-bond acceptors (Lipinski definition) is 4. The van der Waals surface area contributed by atoms with E-state index in [1.54, 1.807) is 12.1 Å². The van der Waals surface area contributed by atoms with Crippen LogP contribution in [0.4, 0.5) is 0 Å². The Morgan fingerprint density at radius 1 is 0.903 bits per heavy atom. The first-order valence-electron chi connectivity index (χ1n) is 12.2. The van der Waals surface area contributed by atoms with Gasteiger partial charge in [0.15, 0.2) is 0 Å². The molecule has 0 spiro atoms. The van der Waals surface area contributed by atoms with Gasteiger partial charge < -0.3 is 0 Å². The lowest BCUT2D eigenvalue weighted by Gasteiger charge is -2.60. The van der Waals surface area contributed by atoms with Gasteiger partial charge in [0.05, 0.1) is 11.0 Å². The highest BCUT2D eigenvalue weighted by atomic mass is 32.2. The molecule has 0 bridgehead atoms. The van der Waals surface area contributed by atoms with E-state index in [4.69, 9.17) is 4.18 Å². The van der Waals surface area contributed by atoms with Crippen molar-refractivity contribution in [3.63, 3.8) is 0 Å². The van der Waals surface area contributed by atoms with Crippen molar-refractivity contribution in [2.24, 2.45) is 34.5 Å². The minimum atomic E-state index is -3.75. The zero-order valence-corrected chi connectivity index (χ0v) is 19.9. The van der Waals surface area contributed by atoms with Gasteiger partial charge in [-0.25, -0.2) is 0 Å². The molecule has 0 unspecified atom stereocenters. The Hall–Kier alpha value is -1.20. The molecule has 170 valence electrons. The topological polar surface area (TPSA) is 60.4 Å².